The van der Waals surface area contributed by atoms with Crippen LogP contribution in [0.1, 0.15) is 12.8 Å². The van der Waals surface area contributed by atoms with Gasteiger partial charge in [-0.15, -0.1) is 0 Å². The Bertz CT molecular complexity index is 550. The van der Waals surface area contributed by atoms with E-state index in [2.05, 4.69) is 4.98 Å². The molecule has 1 fully saturated rings. The van der Waals surface area contributed by atoms with Crippen molar-refractivity contribution in [2.24, 2.45) is 5.92 Å². The first kappa shape index (κ1) is 11.1. The number of ether oxygens (including phenoxy) is 1. The molecular formula is C15H15NO2. The molecule has 3 rings (SSSR count). The molecule has 1 heterocycles. The summed E-state index contributed by atoms with van der Waals surface area (Å²) in [7, 11) is 0. The van der Waals surface area contributed by atoms with Gasteiger partial charge in [-0.05, 0) is 48.1 Å². The predicted octanol–water partition coefficient (Wildman–Crippen LogP) is 3.24. The van der Waals surface area contributed by atoms with E-state index >= 15 is 0 Å². The average Bonchev–Trinajstić information content (AvgIpc) is 3.21. The van der Waals surface area contributed by atoms with Crippen LogP contribution in [0.25, 0.3) is 11.1 Å². The summed E-state index contributed by atoms with van der Waals surface area (Å²) in [4.78, 5) is 4.20. The van der Waals surface area contributed by atoms with Gasteiger partial charge in [0.15, 0.2) is 0 Å². The standard InChI is InChI=1S/C15H15NO2/c17-14-3-1-2-12(8-14)13-6-7-16-15(9-13)18-10-11-4-5-11/h1-3,6-9,11,17H,4-5,10H2. The van der Waals surface area contributed by atoms with Crippen molar-refractivity contribution in [1.82, 2.24) is 4.98 Å². The maximum atomic E-state index is 9.48. The van der Waals surface area contributed by atoms with Crippen LogP contribution in [-0.4, -0.2) is 16.7 Å². The van der Waals surface area contributed by atoms with Crippen LogP contribution < -0.4 is 4.74 Å². The Morgan fingerprint density at radius 1 is 1.17 bits per heavy atom. The van der Waals surface area contributed by atoms with Crippen LogP contribution in [0.4, 0.5) is 0 Å². The summed E-state index contributed by atoms with van der Waals surface area (Å²) in [6.45, 7) is 0.760. The molecule has 0 aliphatic heterocycles. The summed E-state index contributed by atoms with van der Waals surface area (Å²) in [5, 5.41) is 9.48. The minimum absolute atomic E-state index is 0.268. The lowest BCUT2D eigenvalue weighted by Gasteiger charge is -2.06. The lowest BCUT2D eigenvalue weighted by atomic mass is 10.1. The molecule has 92 valence electrons. The highest BCUT2D eigenvalue weighted by molar-refractivity contribution is 5.65. The zero-order chi connectivity index (χ0) is 12.4. The Balaban J connectivity index is 1.80. The van der Waals surface area contributed by atoms with E-state index < -0.39 is 0 Å². The minimum Gasteiger partial charge on any atom is -0.508 e. The fraction of sp³-hybridized carbons (Fsp3) is 0.267. The fourth-order valence-electron chi connectivity index (χ4n) is 1.84. The monoisotopic (exact) mass is 241 g/mol. The van der Waals surface area contributed by atoms with Crippen LogP contribution in [0.5, 0.6) is 11.6 Å². The number of benzene rings is 1. The average molecular weight is 241 g/mol. The van der Waals surface area contributed by atoms with Gasteiger partial charge in [0.2, 0.25) is 5.88 Å². The van der Waals surface area contributed by atoms with E-state index in [9.17, 15) is 5.11 Å². The molecule has 0 unspecified atom stereocenters. The second kappa shape index (κ2) is 4.69. The molecule has 1 saturated carbocycles. The summed E-state index contributed by atoms with van der Waals surface area (Å²) < 4.78 is 5.65. The molecular weight excluding hydrogens is 226 g/mol. The van der Waals surface area contributed by atoms with Crippen molar-refractivity contribution < 1.29 is 9.84 Å². The Morgan fingerprint density at radius 3 is 2.78 bits per heavy atom. The van der Waals surface area contributed by atoms with E-state index in [1.54, 1.807) is 18.3 Å². The molecule has 1 N–H and O–H groups in total. The van der Waals surface area contributed by atoms with Crippen molar-refractivity contribution in [3.8, 4) is 22.8 Å². The number of phenols is 1. The third-order valence-electron chi connectivity index (χ3n) is 3.08. The molecule has 0 radical (unpaired) electrons. The zero-order valence-corrected chi connectivity index (χ0v) is 10.0. The number of aromatic nitrogens is 1. The van der Waals surface area contributed by atoms with E-state index in [0.717, 1.165) is 23.7 Å². The van der Waals surface area contributed by atoms with Crippen LogP contribution in [0.15, 0.2) is 42.6 Å². The van der Waals surface area contributed by atoms with E-state index in [-0.39, 0.29) is 5.75 Å². The summed E-state index contributed by atoms with van der Waals surface area (Å²) >= 11 is 0. The van der Waals surface area contributed by atoms with Gasteiger partial charge in [-0.1, -0.05) is 12.1 Å². The van der Waals surface area contributed by atoms with E-state index in [1.165, 1.54) is 12.8 Å². The SMILES string of the molecule is Oc1cccc(-c2ccnc(OCC3CC3)c2)c1. The maximum absolute atomic E-state index is 9.48. The Morgan fingerprint density at radius 2 is 2.00 bits per heavy atom. The quantitative estimate of drug-likeness (QED) is 0.893. The van der Waals surface area contributed by atoms with Crippen LogP contribution >= 0.6 is 0 Å². The largest absolute Gasteiger partial charge is 0.508 e. The first-order valence-electron chi connectivity index (χ1n) is 6.19. The molecule has 1 aliphatic carbocycles. The van der Waals surface area contributed by atoms with Gasteiger partial charge in [-0.2, -0.15) is 0 Å². The lowest BCUT2D eigenvalue weighted by Crippen LogP contribution is -2.00. The molecule has 1 aliphatic rings. The Kier molecular flexibility index (Phi) is 2.89. The number of rotatable bonds is 4. The fourth-order valence-corrected chi connectivity index (χ4v) is 1.84. The summed E-state index contributed by atoms with van der Waals surface area (Å²) in [6.07, 6.45) is 4.28. The highest BCUT2D eigenvalue weighted by Crippen LogP contribution is 2.30. The Labute approximate surface area is 106 Å². The molecule has 2 aromatic rings. The van der Waals surface area contributed by atoms with Crippen molar-refractivity contribution in [2.45, 2.75) is 12.8 Å². The molecule has 3 nitrogen and oxygen atoms in total. The normalized spacial score (nSPS) is 14.4. The van der Waals surface area contributed by atoms with Crippen molar-refractivity contribution in [2.75, 3.05) is 6.61 Å². The first-order valence-corrected chi connectivity index (χ1v) is 6.19. The second-order valence-corrected chi connectivity index (χ2v) is 4.69. The van der Waals surface area contributed by atoms with Crippen molar-refractivity contribution in [1.29, 1.82) is 0 Å². The highest BCUT2D eigenvalue weighted by Gasteiger charge is 2.22. The van der Waals surface area contributed by atoms with Crippen LogP contribution in [0.2, 0.25) is 0 Å². The summed E-state index contributed by atoms with van der Waals surface area (Å²) in [5.74, 6) is 1.64. The van der Waals surface area contributed by atoms with Crippen LogP contribution in [-0.2, 0) is 0 Å². The molecule has 18 heavy (non-hydrogen) atoms. The van der Waals surface area contributed by atoms with E-state index in [1.807, 2.05) is 24.3 Å². The smallest absolute Gasteiger partial charge is 0.213 e. The number of aromatic hydroxyl groups is 1. The zero-order valence-electron chi connectivity index (χ0n) is 10.0. The van der Waals surface area contributed by atoms with Gasteiger partial charge in [-0.25, -0.2) is 4.98 Å². The van der Waals surface area contributed by atoms with Gasteiger partial charge in [0.25, 0.3) is 0 Å². The third kappa shape index (κ3) is 2.62. The van der Waals surface area contributed by atoms with E-state index in [4.69, 9.17) is 4.74 Å². The number of nitrogens with zero attached hydrogens (tertiary/aromatic N) is 1. The van der Waals surface area contributed by atoms with Crippen molar-refractivity contribution in [3.63, 3.8) is 0 Å². The third-order valence-corrected chi connectivity index (χ3v) is 3.08. The summed E-state index contributed by atoms with van der Waals surface area (Å²) in [5.41, 5.74) is 1.97. The van der Waals surface area contributed by atoms with Crippen molar-refractivity contribution in [3.05, 3.63) is 42.6 Å². The first-order chi connectivity index (χ1) is 8.81. The molecule has 1 aromatic carbocycles. The van der Waals surface area contributed by atoms with Crippen molar-refractivity contribution >= 4 is 0 Å². The number of phenolic OH excluding ortho intramolecular Hbond substituents is 1. The molecule has 1 aromatic heterocycles. The molecule has 0 spiro atoms. The van der Waals surface area contributed by atoms with Gasteiger partial charge in [0, 0.05) is 12.3 Å². The van der Waals surface area contributed by atoms with Gasteiger partial charge < -0.3 is 9.84 Å². The Hall–Kier alpha value is -2.03. The van der Waals surface area contributed by atoms with E-state index in [0.29, 0.717) is 5.88 Å². The van der Waals surface area contributed by atoms with Gasteiger partial charge in [-0.3, -0.25) is 0 Å². The highest BCUT2D eigenvalue weighted by atomic mass is 16.5. The molecule has 0 atom stereocenters. The topological polar surface area (TPSA) is 42.4 Å². The predicted molar refractivity (Wildman–Crippen MR) is 69.6 cm³/mol. The molecule has 0 amide bonds. The molecule has 0 bridgehead atoms. The summed E-state index contributed by atoms with van der Waals surface area (Å²) in [6, 6.07) is 11.0. The number of pyridine rings is 1. The van der Waals surface area contributed by atoms with Gasteiger partial charge >= 0.3 is 0 Å². The maximum Gasteiger partial charge on any atom is 0.213 e. The molecule has 3 heteroatoms. The van der Waals surface area contributed by atoms with Crippen LogP contribution in [0.3, 0.4) is 0 Å². The van der Waals surface area contributed by atoms with Gasteiger partial charge in [0.1, 0.15) is 5.75 Å². The lowest BCUT2D eigenvalue weighted by molar-refractivity contribution is 0.288. The second-order valence-electron chi connectivity index (χ2n) is 4.69. The van der Waals surface area contributed by atoms with Gasteiger partial charge in [0.05, 0.1) is 6.61 Å². The minimum atomic E-state index is 0.268. The van der Waals surface area contributed by atoms with Crippen LogP contribution in [0, 0.1) is 5.92 Å². The molecule has 0 saturated heterocycles. The number of hydrogen-bond acceptors (Lipinski definition) is 3. The number of hydrogen-bond donors (Lipinski definition) is 1.